The van der Waals surface area contributed by atoms with Gasteiger partial charge in [-0.05, 0) is 18.1 Å². The second-order valence-electron chi connectivity index (χ2n) is 5.00. The molecule has 0 amide bonds. The first-order chi connectivity index (χ1) is 8.88. The Morgan fingerprint density at radius 3 is 2.47 bits per heavy atom. The molecule has 1 saturated heterocycles. The van der Waals surface area contributed by atoms with Crippen LogP contribution < -0.4 is 16.5 Å². The molecule has 3 nitrogen and oxygen atoms in total. The summed E-state index contributed by atoms with van der Waals surface area (Å²) in [7, 11) is 0. The van der Waals surface area contributed by atoms with Gasteiger partial charge in [-0.3, -0.25) is 4.90 Å². The molecule has 1 aromatic rings. The Kier molecular flexibility index (Phi) is 4.06. The van der Waals surface area contributed by atoms with Gasteiger partial charge in [-0.1, -0.05) is 12.1 Å². The smallest absolute Gasteiger partial charge is 0.445 e. The fraction of sp³-hybridized carbons (Fsp3) is 0.500. The highest BCUT2D eigenvalue weighted by Crippen LogP contribution is 2.20. The van der Waals surface area contributed by atoms with E-state index >= 15 is 0 Å². The summed E-state index contributed by atoms with van der Waals surface area (Å²) in [4.78, 5) is 2.14. The lowest BCUT2D eigenvalue weighted by Gasteiger charge is -2.29. The Labute approximate surface area is 111 Å². The quantitative estimate of drug-likeness (QED) is 0.638. The molecule has 0 saturated carbocycles. The number of nitrogens with zero attached hydrogens (tertiary/aromatic N) is 1. The van der Waals surface area contributed by atoms with Gasteiger partial charge >= 0.3 is 6.98 Å². The van der Waals surface area contributed by atoms with Crippen LogP contribution in [0.1, 0.15) is 11.1 Å². The Balaban J connectivity index is 2.25. The van der Waals surface area contributed by atoms with Gasteiger partial charge in [-0.25, -0.2) is 0 Å². The normalized spacial score (nSPS) is 17.7. The Bertz CT molecular complexity index is 456. The van der Waals surface area contributed by atoms with Crippen LogP contribution in [0.2, 0.25) is 0 Å². The molecule has 0 aromatic heterocycles. The number of hydrogen-bond donors (Lipinski definition) is 2. The second kappa shape index (κ2) is 5.42. The van der Waals surface area contributed by atoms with Crippen molar-refractivity contribution >= 4 is 18.1 Å². The molecule has 19 heavy (non-hydrogen) atoms. The average molecular weight is 272 g/mol. The first-order valence-electron chi connectivity index (χ1n) is 6.40. The van der Waals surface area contributed by atoms with Crippen molar-refractivity contribution in [2.75, 3.05) is 31.9 Å². The number of nitrogens with two attached hydrogens (primary N) is 1. The number of anilines is 1. The van der Waals surface area contributed by atoms with Gasteiger partial charge < -0.3 is 24.0 Å². The van der Waals surface area contributed by atoms with Gasteiger partial charge in [0.15, 0.2) is 0 Å². The largest absolute Gasteiger partial charge is 0.509 e. The van der Waals surface area contributed by atoms with Crippen LogP contribution in [0.15, 0.2) is 12.1 Å². The van der Waals surface area contributed by atoms with Gasteiger partial charge in [-0.2, -0.15) is 0 Å². The topological polar surface area (TPSA) is 41.3 Å². The van der Waals surface area contributed by atoms with Crippen molar-refractivity contribution in [3.05, 3.63) is 23.3 Å². The van der Waals surface area contributed by atoms with E-state index in [1.54, 1.807) is 6.92 Å². The van der Waals surface area contributed by atoms with Gasteiger partial charge in [0.05, 0.1) is 0 Å². The van der Waals surface area contributed by atoms with E-state index in [4.69, 9.17) is 5.73 Å². The van der Waals surface area contributed by atoms with E-state index in [2.05, 4.69) is 10.2 Å². The van der Waals surface area contributed by atoms with Gasteiger partial charge in [-0.15, -0.1) is 5.46 Å². The fourth-order valence-corrected chi connectivity index (χ4v) is 2.29. The third-order valence-electron chi connectivity index (χ3n) is 3.56. The molecular weight excluding hydrogens is 254 g/mol. The van der Waals surface area contributed by atoms with E-state index in [0.29, 0.717) is 12.1 Å². The van der Waals surface area contributed by atoms with Crippen LogP contribution in [-0.4, -0.2) is 38.1 Å². The van der Waals surface area contributed by atoms with Crippen molar-refractivity contribution in [2.45, 2.75) is 13.5 Å². The summed E-state index contributed by atoms with van der Waals surface area (Å²) in [5, 5.41) is 3.22. The van der Waals surface area contributed by atoms with Gasteiger partial charge in [0, 0.05) is 38.4 Å². The Hall–Kier alpha value is -1.21. The van der Waals surface area contributed by atoms with Crippen LogP contribution in [0.5, 0.6) is 0 Å². The predicted molar refractivity (Wildman–Crippen MR) is 72.5 cm³/mol. The molecule has 7 heteroatoms. The number of nitrogen functional groups attached to an aromatic ring is 1. The van der Waals surface area contributed by atoms with E-state index < -0.39 is 12.4 Å². The molecule has 0 bridgehead atoms. The number of hydrogen-bond acceptors (Lipinski definition) is 3. The van der Waals surface area contributed by atoms with Gasteiger partial charge in [0.1, 0.15) is 0 Å². The first kappa shape index (κ1) is 14.2. The lowest BCUT2D eigenvalue weighted by atomic mass is 9.78. The highest BCUT2D eigenvalue weighted by atomic mass is 19.4. The molecule has 3 N–H and O–H groups in total. The Morgan fingerprint density at radius 1 is 1.26 bits per heavy atom. The number of benzene rings is 1. The maximum absolute atomic E-state index is 12.8. The highest BCUT2D eigenvalue weighted by molar-refractivity contribution is 6.73. The SMILES string of the molecule is Cc1c(N)cc([B-](F)(F)F)cc1CN1CCNCC1. The van der Waals surface area contributed by atoms with Crippen LogP contribution >= 0.6 is 0 Å². The number of nitrogens with one attached hydrogen (secondary N) is 1. The third kappa shape index (κ3) is 3.42. The molecule has 0 spiro atoms. The molecule has 1 fully saturated rings. The van der Waals surface area contributed by atoms with Crippen LogP contribution in [0.3, 0.4) is 0 Å². The summed E-state index contributed by atoms with van der Waals surface area (Å²) in [6.07, 6.45) is 0. The van der Waals surface area contributed by atoms with E-state index in [1.165, 1.54) is 6.07 Å². The summed E-state index contributed by atoms with van der Waals surface area (Å²) in [6, 6.07) is 2.28. The highest BCUT2D eigenvalue weighted by Gasteiger charge is 2.27. The summed E-state index contributed by atoms with van der Waals surface area (Å²) in [5.74, 6) is 0. The maximum atomic E-state index is 12.8. The van der Waals surface area contributed by atoms with E-state index in [9.17, 15) is 12.9 Å². The maximum Gasteiger partial charge on any atom is 0.509 e. The summed E-state index contributed by atoms with van der Waals surface area (Å²) in [6.45, 7) is 0.745. The molecule has 0 aliphatic carbocycles. The molecule has 0 radical (unpaired) electrons. The van der Waals surface area contributed by atoms with Crippen LogP contribution in [0, 0.1) is 6.92 Å². The molecule has 106 valence electrons. The molecule has 1 aliphatic heterocycles. The van der Waals surface area contributed by atoms with E-state index in [-0.39, 0.29) is 5.69 Å². The molecule has 1 aliphatic rings. The lowest BCUT2D eigenvalue weighted by Crippen LogP contribution is -2.43. The van der Waals surface area contributed by atoms with Crippen molar-refractivity contribution < 1.29 is 12.9 Å². The van der Waals surface area contributed by atoms with Crippen molar-refractivity contribution in [3.8, 4) is 0 Å². The molecular formula is C12H18BF3N3-. The zero-order chi connectivity index (χ0) is 14.0. The molecule has 0 unspecified atom stereocenters. The average Bonchev–Trinajstić information content (AvgIpc) is 2.34. The zero-order valence-electron chi connectivity index (χ0n) is 10.9. The van der Waals surface area contributed by atoms with Crippen LogP contribution in [0.4, 0.5) is 18.6 Å². The second-order valence-corrected chi connectivity index (χ2v) is 5.00. The monoisotopic (exact) mass is 272 g/mol. The number of rotatable bonds is 3. The minimum Gasteiger partial charge on any atom is -0.445 e. The fourth-order valence-electron chi connectivity index (χ4n) is 2.29. The summed E-state index contributed by atoms with van der Waals surface area (Å²) in [5.41, 5.74) is 6.75. The van der Waals surface area contributed by atoms with Gasteiger partial charge in [0.25, 0.3) is 0 Å². The number of halogens is 3. The predicted octanol–water partition coefficient (Wildman–Crippen LogP) is 1.04. The standard InChI is InChI=1S/C12H18BF3N3/c1-9-10(8-19-4-2-18-3-5-19)6-11(7-12(9)17)13(14,15)16/h6-7,18H,2-5,8,17H2,1H3/q-1. The van der Waals surface area contributed by atoms with Crippen molar-refractivity contribution in [1.29, 1.82) is 0 Å². The Morgan fingerprint density at radius 2 is 1.89 bits per heavy atom. The lowest BCUT2D eigenvalue weighted by molar-refractivity contribution is 0.233. The summed E-state index contributed by atoms with van der Waals surface area (Å²) < 4.78 is 38.5. The van der Waals surface area contributed by atoms with Crippen molar-refractivity contribution in [2.24, 2.45) is 0 Å². The zero-order valence-corrected chi connectivity index (χ0v) is 10.9. The molecule has 2 rings (SSSR count). The van der Waals surface area contributed by atoms with Gasteiger partial charge in [0.2, 0.25) is 0 Å². The molecule has 0 atom stereocenters. The summed E-state index contributed by atoms with van der Waals surface area (Å²) >= 11 is 0. The minimum atomic E-state index is -5.00. The molecule has 1 heterocycles. The van der Waals surface area contributed by atoms with Crippen LogP contribution in [0.25, 0.3) is 0 Å². The van der Waals surface area contributed by atoms with E-state index in [1.807, 2.05) is 0 Å². The van der Waals surface area contributed by atoms with E-state index in [0.717, 1.165) is 37.8 Å². The third-order valence-corrected chi connectivity index (χ3v) is 3.56. The van der Waals surface area contributed by atoms with Crippen LogP contribution in [-0.2, 0) is 6.54 Å². The van der Waals surface area contributed by atoms with Crippen molar-refractivity contribution in [1.82, 2.24) is 10.2 Å². The first-order valence-corrected chi connectivity index (χ1v) is 6.40. The van der Waals surface area contributed by atoms with Crippen molar-refractivity contribution in [3.63, 3.8) is 0 Å². The minimum absolute atomic E-state index is 0.224. The number of piperazine rings is 1. The molecule has 1 aromatic carbocycles.